The van der Waals surface area contributed by atoms with E-state index in [0.717, 1.165) is 0 Å². The number of rotatable bonds is 4. The number of imidazole rings is 1. The van der Waals surface area contributed by atoms with E-state index in [1.165, 1.54) is 10.8 Å². The Hall–Kier alpha value is -0.660. The number of halogens is 1. The van der Waals surface area contributed by atoms with E-state index in [1.54, 1.807) is 6.92 Å². The van der Waals surface area contributed by atoms with Gasteiger partial charge in [-0.2, -0.15) is 5.23 Å². The molecule has 0 radical (unpaired) electrons. The molecule has 1 heterocycles. The van der Waals surface area contributed by atoms with Crippen molar-refractivity contribution in [2.24, 2.45) is 0 Å². The van der Waals surface area contributed by atoms with Crippen LogP contribution < -0.4 is 5.23 Å². The van der Waals surface area contributed by atoms with Crippen molar-refractivity contribution in [3.63, 3.8) is 0 Å². The first kappa shape index (κ1) is 11.4. The monoisotopic (exact) mass is 221 g/mol. The number of hydrogen-bond donors (Lipinski definition) is 3. The minimum atomic E-state index is -1.06. The van der Waals surface area contributed by atoms with E-state index < -0.39 is 11.3 Å². The fourth-order valence-electron chi connectivity index (χ4n) is 1.13. The van der Waals surface area contributed by atoms with Gasteiger partial charge in [-0.3, -0.25) is 4.57 Å². The first-order valence-electron chi connectivity index (χ1n) is 4.05. The minimum absolute atomic E-state index is 0.0617. The summed E-state index contributed by atoms with van der Waals surface area (Å²) in [6.45, 7) is 1.82. The molecule has 3 N–H and O–H groups in total. The van der Waals surface area contributed by atoms with Crippen LogP contribution in [-0.2, 0) is 6.54 Å². The van der Waals surface area contributed by atoms with Crippen LogP contribution in [0.2, 0.25) is 0 Å². The number of nitrogens with one attached hydrogen (secondary N) is 1. The smallest absolute Gasteiger partial charge is 0.259 e. The molecule has 0 spiro atoms. The predicted molar refractivity (Wildman–Crippen MR) is 49.5 cm³/mol. The van der Waals surface area contributed by atoms with Crippen LogP contribution in [0.15, 0.2) is 6.20 Å². The molecule has 0 bridgehead atoms. The van der Waals surface area contributed by atoms with Gasteiger partial charge in [-0.05, 0) is 6.92 Å². The van der Waals surface area contributed by atoms with Gasteiger partial charge in [-0.15, -0.1) is 11.6 Å². The largest absolute Gasteiger partial charge is 0.594 e. The average Bonchev–Trinajstić information content (AvgIpc) is 2.48. The van der Waals surface area contributed by atoms with E-state index in [0.29, 0.717) is 5.82 Å². The summed E-state index contributed by atoms with van der Waals surface area (Å²) in [5.41, 5.74) is 0. The number of quaternary nitrogens is 1. The Labute approximate surface area is 85.9 Å². The van der Waals surface area contributed by atoms with Crippen LogP contribution in [0.3, 0.4) is 0 Å². The zero-order valence-corrected chi connectivity index (χ0v) is 8.40. The number of hydrogen-bond acceptors (Lipinski definition) is 4. The topological polar surface area (TPSA) is 85.8 Å². The molecule has 14 heavy (non-hydrogen) atoms. The van der Waals surface area contributed by atoms with Gasteiger partial charge in [-0.25, -0.2) is 10.2 Å². The molecule has 0 saturated carbocycles. The summed E-state index contributed by atoms with van der Waals surface area (Å²) in [6, 6.07) is 0. The lowest BCUT2D eigenvalue weighted by atomic mass is 10.4. The zero-order chi connectivity index (χ0) is 10.7. The molecule has 0 aliphatic carbocycles. The Morgan fingerprint density at radius 1 is 1.79 bits per heavy atom. The molecule has 2 atom stereocenters. The van der Waals surface area contributed by atoms with Crippen LogP contribution in [0.1, 0.15) is 5.82 Å². The van der Waals surface area contributed by atoms with Crippen LogP contribution in [0.25, 0.3) is 0 Å². The van der Waals surface area contributed by atoms with Gasteiger partial charge in [0, 0.05) is 0 Å². The molecule has 80 valence electrons. The molecule has 0 aromatic carbocycles. The fraction of sp³-hybridized carbons (Fsp3) is 0.571. The first-order valence-corrected chi connectivity index (χ1v) is 4.59. The van der Waals surface area contributed by atoms with Gasteiger partial charge in [0.05, 0.1) is 18.5 Å². The van der Waals surface area contributed by atoms with Crippen molar-refractivity contribution < 1.29 is 15.5 Å². The molecule has 1 aromatic heterocycles. The van der Waals surface area contributed by atoms with Crippen LogP contribution >= 0.6 is 11.6 Å². The van der Waals surface area contributed by atoms with Gasteiger partial charge in [0.2, 0.25) is 0 Å². The highest BCUT2D eigenvalue weighted by atomic mass is 35.5. The van der Waals surface area contributed by atoms with E-state index >= 15 is 0 Å². The van der Waals surface area contributed by atoms with Crippen LogP contribution in [0.5, 0.6) is 0 Å². The Bertz CT molecular complexity index is 302. The van der Waals surface area contributed by atoms with Crippen molar-refractivity contribution in [3.05, 3.63) is 17.2 Å². The predicted octanol–water partition coefficient (Wildman–Crippen LogP) is -0.805. The summed E-state index contributed by atoms with van der Waals surface area (Å²) in [7, 11) is 0. The second kappa shape index (κ2) is 4.72. The van der Waals surface area contributed by atoms with E-state index in [2.05, 4.69) is 4.98 Å². The summed E-state index contributed by atoms with van der Waals surface area (Å²) in [6.07, 6.45) is 0.501. The van der Waals surface area contributed by atoms with E-state index in [9.17, 15) is 10.3 Å². The maximum absolute atomic E-state index is 10.7. The summed E-state index contributed by atoms with van der Waals surface area (Å²) < 4.78 is 1.43. The van der Waals surface area contributed by atoms with E-state index in [1.807, 2.05) is 0 Å². The lowest BCUT2D eigenvalue weighted by Gasteiger charge is -2.16. The van der Waals surface area contributed by atoms with E-state index in [4.69, 9.17) is 16.8 Å². The van der Waals surface area contributed by atoms with Crippen molar-refractivity contribution in [2.45, 2.75) is 19.6 Å². The van der Waals surface area contributed by atoms with Crippen molar-refractivity contribution >= 4 is 17.4 Å². The van der Waals surface area contributed by atoms with Gasteiger partial charge in [0.1, 0.15) is 12.0 Å². The number of aliphatic hydroxyl groups is 1. The minimum Gasteiger partial charge on any atom is -0.594 e. The zero-order valence-electron chi connectivity index (χ0n) is 7.64. The number of aryl methyl sites for hydroxylation is 1. The molecule has 1 aromatic rings. The number of aliphatic hydroxyl groups excluding tert-OH is 1. The van der Waals surface area contributed by atoms with Crippen LogP contribution in [0.4, 0.5) is 5.82 Å². The van der Waals surface area contributed by atoms with Crippen molar-refractivity contribution in [2.75, 3.05) is 5.88 Å². The molecule has 0 aliphatic rings. The SMILES string of the molecule is Cc1ncc([NH+]([O-])O)n1C[C@@H](O)CCl. The summed E-state index contributed by atoms with van der Waals surface area (Å²) >= 11 is 5.42. The molecule has 6 nitrogen and oxygen atoms in total. The molecule has 7 heteroatoms. The second-order valence-corrected chi connectivity index (χ2v) is 3.22. The average molecular weight is 222 g/mol. The summed E-state index contributed by atoms with van der Waals surface area (Å²) in [4.78, 5) is 3.85. The highest BCUT2D eigenvalue weighted by Gasteiger charge is 2.15. The first-order chi connectivity index (χ1) is 6.56. The Morgan fingerprint density at radius 3 is 2.93 bits per heavy atom. The molecule has 1 rings (SSSR count). The van der Waals surface area contributed by atoms with Crippen molar-refractivity contribution in [3.8, 4) is 0 Å². The number of nitrogens with zero attached hydrogens (tertiary/aromatic N) is 2. The third-order valence-corrected chi connectivity index (χ3v) is 2.20. The number of aromatic nitrogens is 2. The third kappa shape index (κ3) is 2.43. The van der Waals surface area contributed by atoms with Gasteiger partial charge >= 0.3 is 0 Å². The van der Waals surface area contributed by atoms with Crippen molar-refractivity contribution in [1.29, 1.82) is 0 Å². The fourth-order valence-corrected chi connectivity index (χ4v) is 1.23. The lowest BCUT2D eigenvalue weighted by molar-refractivity contribution is -0.994. The Balaban J connectivity index is 2.88. The highest BCUT2D eigenvalue weighted by Crippen LogP contribution is 2.07. The molecular formula is C7H12ClN3O3. The lowest BCUT2D eigenvalue weighted by Crippen LogP contribution is -2.99. The summed E-state index contributed by atoms with van der Waals surface area (Å²) in [5, 5.41) is 27.7. The normalized spacial score (nSPS) is 15.5. The third-order valence-electron chi connectivity index (χ3n) is 1.85. The van der Waals surface area contributed by atoms with Gasteiger partial charge < -0.3 is 10.3 Å². The molecule has 0 fully saturated rings. The Morgan fingerprint density at radius 2 is 2.43 bits per heavy atom. The molecule has 0 saturated heterocycles. The van der Waals surface area contributed by atoms with Gasteiger partial charge in [0.15, 0.2) is 0 Å². The maximum Gasteiger partial charge on any atom is 0.259 e. The van der Waals surface area contributed by atoms with Gasteiger partial charge in [-0.1, -0.05) is 0 Å². The molecule has 0 amide bonds. The maximum atomic E-state index is 10.7. The van der Waals surface area contributed by atoms with Crippen molar-refractivity contribution in [1.82, 2.24) is 9.55 Å². The standard InChI is InChI=1S/C7H12ClN3O3/c1-5-9-3-7(11(13)14)10(5)4-6(12)2-8/h3,6,11-13H,2,4H2,1H3/t6-/m0/s1. The number of alkyl halides is 1. The second-order valence-electron chi connectivity index (χ2n) is 2.91. The van der Waals surface area contributed by atoms with Gasteiger partial charge in [0.25, 0.3) is 5.82 Å². The Kier molecular flexibility index (Phi) is 3.85. The van der Waals surface area contributed by atoms with E-state index in [-0.39, 0.29) is 18.2 Å². The summed E-state index contributed by atoms with van der Waals surface area (Å²) in [5.74, 6) is 0.676. The molecule has 0 aliphatic heterocycles. The molecular weight excluding hydrogens is 210 g/mol. The highest BCUT2D eigenvalue weighted by molar-refractivity contribution is 6.18. The van der Waals surface area contributed by atoms with Crippen LogP contribution in [0, 0.1) is 12.1 Å². The van der Waals surface area contributed by atoms with Crippen LogP contribution in [-0.4, -0.2) is 31.8 Å². The quantitative estimate of drug-likeness (QED) is 0.459. The molecule has 1 unspecified atom stereocenters.